The minimum Gasteiger partial charge on any atom is -0.443 e. The summed E-state index contributed by atoms with van der Waals surface area (Å²) in [6.07, 6.45) is 0.934. The summed E-state index contributed by atoms with van der Waals surface area (Å²) in [4.78, 5) is 13.2. The first-order chi connectivity index (χ1) is 8.35. The number of amides is 1. The first-order valence-electron chi connectivity index (χ1n) is 5.71. The number of para-hydroxylation sites is 1. The van der Waals surface area contributed by atoms with E-state index in [1.807, 2.05) is 0 Å². The second kappa shape index (κ2) is 5.67. The van der Waals surface area contributed by atoms with Crippen molar-refractivity contribution >= 4 is 11.8 Å². The third kappa shape index (κ3) is 3.87. The number of halogens is 1. The van der Waals surface area contributed by atoms with Crippen LogP contribution in [-0.4, -0.2) is 18.2 Å². The van der Waals surface area contributed by atoms with Gasteiger partial charge in [0.25, 0.3) is 0 Å². The summed E-state index contributed by atoms with van der Waals surface area (Å²) in [5, 5.41) is 0. The van der Waals surface area contributed by atoms with E-state index in [1.165, 1.54) is 23.1 Å². The average molecular weight is 251 g/mol. The molecule has 0 aliphatic carbocycles. The van der Waals surface area contributed by atoms with Crippen molar-refractivity contribution in [2.24, 2.45) is 0 Å². The summed E-state index contributed by atoms with van der Waals surface area (Å²) in [5.74, 6) is -0.467. The molecule has 0 saturated carbocycles. The molecule has 1 aromatic carbocycles. The lowest BCUT2D eigenvalue weighted by Crippen LogP contribution is -2.37. The Morgan fingerprint density at radius 2 is 2.06 bits per heavy atom. The van der Waals surface area contributed by atoms with Crippen LogP contribution in [0.5, 0.6) is 0 Å². The van der Waals surface area contributed by atoms with Gasteiger partial charge in [-0.1, -0.05) is 18.2 Å². The molecule has 1 aromatic rings. The van der Waals surface area contributed by atoms with Gasteiger partial charge in [0.05, 0.1) is 5.69 Å². The summed E-state index contributed by atoms with van der Waals surface area (Å²) >= 11 is 0. The first-order valence-corrected chi connectivity index (χ1v) is 5.71. The van der Waals surface area contributed by atoms with Gasteiger partial charge in [0, 0.05) is 6.54 Å². The highest BCUT2D eigenvalue weighted by Gasteiger charge is 2.24. The molecule has 0 N–H and O–H groups in total. The molecule has 0 unspecified atom stereocenters. The number of anilines is 1. The molecule has 98 valence electrons. The lowest BCUT2D eigenvalue weighted by atomic mass is 10.2. The van der Waals surface area contributed by atoms with Crippen molar-refractivity contribution in [1.82, 2.24) is 0 Å². The maximum atomic E-state index is 13.7. The van der Waals surface area contributed by atoms with Gasteiger partial charge in [0.2, 0.25) is 0 Å². The number of hydrogen-bond acceptors (Lipinski definition) is 2. The molecule has 1 amide bonds. The van der Waals surface area contributed by atoms with Crippen molar-refractivity contribution < 1.29 is 13.9 Å². The summed E-state index contributed by atoms with van der Waals surface area (Å²) in [7, 11) is 0. The lowest BCUT2D eigenvalue weighted by Gasteiger charge is -2.26. The van der Waals surface area contributed by atoms with E-state index in [1.54, 1.807) is 32.9 Å². The highest BCUT2D eigenvalue weighted by molar-refractivity contribution is 5.88. The number of carbonyl (C=O) groups is 1. The van der Waals surface area contributed by atoms with Gasteiger partial charge in [-0.3, -0.25) is 4.90 Å². The zero-order chi connectivity index (χ0) is 13.8. The molecule has 0 radical (unpaired) electrons. The van der Waals surface area contributed by atoms with E-state index in [9.17, 15) is 9.18 Å². The number of nitrogens with zero attached hydrogens (tertiary/aromatic N) is 1. The fraction of sp³-hybridized carbons (Fsp3) is 0.357. The van der Waals surface area contributed by atoms with Crippen molar-refractivity contribution in [2.45, 2.75) is 26.4 Å². The highest BCUT2D eigenvalue weighted by atomic mass is 19.1. The van der Waals surface area contributed by atoms with Crippen molar-refractivity contribution in [3.8, 4) is 0 Å². The maximum absolute atomic E-state index is 13.7. The van der Waals surface area contributed by atoms with Crippen LogP contribution in [0.2, 0.25) is 0 Å². The number of ether oxygens (including phenoxy) is 1. The fourth-order valence-electron chi connectivity index (χ4n) is 1.39. The zero-order valence-corrected chi connectivity index (χ0v) is 10.9. The Morgan fingerprint density at radius 1 is 1.44 bits per heavy atom. The van der Waals surface area contributed by atoms with Crippen LogP contribution in [0.15, 0.2) is 36.9 Å². The molecule has 0 atom stereocenters. The molecule has 0 fully saturated rings. The summed E-state index contributed by atoms with van der Waals surface area (Å²) < 4.78 is 18.9. The number of benzene rings is 1. The molecule has 1 rings (SSSR count). The van der Waals surface area contributed by atoms with Crippen LogP contribution in [0.3, 0.4) is 0 Å². The predicted molar refractivity (Wildman–Crippen MR) is 70.2 cm³/mol. The molecule has 0 aliphatic heterocycles. The van der Waals surface area contributed by atoms with Crippen LogP contribution in [0.1, 0.15) is 20.8 Å². The van der Waals surface area contributed by atoms with E-state index in [0.717, 1.165) is 0 Å². The van der Waals surface area contributed by atoms with E-state index in [2.05, 4.69) is 6.58 Å². The van der Waals surface area contributed by atoms with Gasteiger partial charge >= 0.3 is 6.09 Å². The number of carbonyl (C=O) groups excluding carboxylic acids is 1. The van der Waals surface area contributed by atoms with Gasteiger partial charge in [-0.05, 0) is 32.9 Å². The molecule has 0 aromatic heterocycles. The van der Waals surface area contributed by atoms with Crippen molar-refractivity contribution in [3.05, 3.63) is 42.7 Å². The average Bonchev–Trinajstić information content (AvgIpc) is 2.24. The van der Waals surface area contributed by atoms with Gasteiger partial charge in [-0.25, -0.2) is 9.18 Å². The van der Waals surface area contributed by atoms with E-state index in [0.29, 0.717) is 0 Å². The lowest BCUT2D eigenvalue weighted by molar-refractivity contribution is 0.0583. The molecular weight excluding hydrogens is 233 g/mol. The molecule has 18 heavy (non-hydrogen) atoms. The molecule has 0 aliphatic rings. The number of rotatable bonds is 3. The van der Waals surface area contributed by atoms with Gasteiger partial charge in [-0.2, -0.15) is 0 Å². The molecule has 0 spiro atoms. The Morgan fingerprint density at radius 3 is 2.56 bits per heavy atom. The van der Waals surface area contributed by atoms with E-state index < -0.39 is 17.5 Å². The third-order valence-electron chi connectivity index (χ3n) is 2.07. The smallest absolute Gasteiger partial charge is 0.415 e. The van der Waals surface area contributed by atoms with Crippen LogP contribution in [-0.2, 0) is 4.74 Å². The Balaban J connectivity index is 3.00. The van der Waals surface area contributed by atoms with Crippen LogP contribution in [0, 0.1) is 5.82 Å². The molecule has 4 heteroatoms. The monoisotopic (exact) mass is 251 g/mol. The predicted octanol–water partition coefficient (Wildman–Crippen LogP) is 3.75. The fourth-order valence-corrected chi connectivity index (χ4v) is 1.39. The maximum Gasteiger partial charge on any atom is 0.415 e. The number of hydrogen-bond donors (Lipinski definition) is 0. The Labute approximate surface area is 107 Å². The molecular formula is C14H18FNO2. The first kappa shape index (κ1) is 14.2. The second-order valence-corrected chi connectivity index (χ2v) is 4.83. The van der Waals surface area contributed by atoms with E-state index in [-0.39, 0.29) is 12.2 Å². The van der Waals surface area contributed by atoms with Gasteiger partial charge in [0.15, 0.2) is 0 Å². The SMILES string of the molecule is C=CCN(C(=O)OC(C)(C)C)c1ccccc1F. The normalized spacial score (nSPS) is 10.9. The molecule has 0 heterocycles. The minimum atomic E-state index is -0.623. The molecule has 0 bridgehead atoms. The Kier molecular flexibility index (Phi) is 4.48. The summed E-state index contributed by atoms with van der Waals surface area (Å²) in [6, 6.07) is 6.07. The second-order valence-electron chi connectivity index (χ2n) is 4.83. The van der Waals surface area contributed by atoms with E-state index >= 15 is 0 Å². The summed E-state index contributed by atoms with van der Waals surface area (Å²) in [6.45, 7) is 9.04. The zero-order valence-electron chi connectivity index (χ0n) is 10.9. The molecule has 3 nitrogen and oxygen atoms in total. The van der Waals surface area contributed by atoms with E-state index in [4.69, 9.17) is 4.74 Å². The van der Waals surface area contributed by atoms with Crippen LogP contribution in [0.4, 0.5) is 14.9 Å². The van der Waals surface area contributed by atoms with Crippen molar-refractivity contribution in [1.29, 1.82) is 0 Å². The largest absolute Gasteiger partial charge is 0.443 e. The third-order valence-corrected chi connectivity index (χ3v) is 2.07. The molecule has 0 saturated heterocycles. The van der Waals surface area contributed by atoms with Gasteiger partial charge < -0.3 is 4.74 Å². The van der Waals surface area contributed by atoms with Crippen LogP contribution < -0.4 is 4.90 Å². The Hall–Kier alpha value is -1.84. The quantitative estimate of drug-likeness (QED) is 0.766. The Bertz CT molecular complexity index is 438. The van der Waals surface area contributed by atoms with Crippen molar-refractivity contribution in [2.75, 3.05) is 11.4 Å². The highest BCUT2D eigenvalue weighted by Crippen LogP contribution is 2.21. The van der Waals surface area contributed by atoms with Crippen molar-refractivity contribution in [3.63, 3.8) is 0 Å². The summed E-state index contributed by atoms with van der Waals surface area (Å²) in [5.41, 5.74) is -0.437. The minimum absolute atomic E-state index is 0.187. The van der Waals surface area contributed by atoms with Gasteiger partial charge in [-0.15, -0.1) is 6.58 Å². The topological polar surface area (TPSA) is 29.5 Å². The van der Waals surface area contributed by atoms with Crippen LogP contribution in [0.25, 0.3) is 0 Å². The van der Waals surface area contributed by atoms with Gasteiger partial charge in [0.1, 0.15) is 11.4 Å². The van der Waals surface area contributed by atoms with Crippen LogP contribution >= 0.6 is 0 Å². The standard InChI is InChI=1S/C14H18FNO2/c1-5-10-16(13(17)18-14(2,3)4)12-9-7-6-8-11(12)15/h5-9H,1,10H2,2-4H3.